The Hall–Kier alpha value is -0.640. The molecule has 0 saturated heterocycles. The summed E-state index contributed by atoms with van der Waals surface area (Å²) in [5.74, 6) is 0. The SMILES string of the molecule is Cc1c(Cl)ncc2c(Cl)nc(Cl)nc12. The molecule has 0 radical (unpaired) electrons. The lowest BCUT2D eigenvalue weighted by molar-refractivity contribution is 1.19. The summed E-state index contributed by atoms with van der Waals surface area (Å²) in [5.41, 5.74) is 1.38. The molecule has 0 saturated carbocycles. The van der Waals surface area contributed by atoms with Gasteiger partial charge in [-0.3, -0.25) is 0 Å². The van der Waals surface area contributed by atoms with Crippen LogP contribution < -0.4 is 0 Å². The molecule has 0 aliphatic rings. The molecular formula is C8H4Cl3N3. The number of fused-ring (bicyclic) bond motifs is 1. The van der Waals surface area contributed by atoms with Crippen molar-refractivity contribution in [3.05, 3.63) is 27.4 Å². The maximum atomic E-state index is 5.87. The molecule has 14 heavy (non-hydrogen) atoms. The van der Waals surface area contributed by atoms with Crippen molar-refractivity contribution in [3.8, 4) is 0 Å². The highest BCUT2D eigenvalue weighted by Gasteiger charge is 2.09. The number of hydrogen-bond acceptors (Lipinski definition) is 3. The zero-order valence-corrected chi connectivity index (χ0v) is 9.32. The highest BCUT2D eigenvalue weighted by Crippen LogP contribution is 2.26. The fourth-order valence-electron chi connectivity index (χ4n) is 1.13. The molecule has 2 aromatic rings. The van der Waals surface area contributed by atoms with E-state index in [2.05, 4.69) is 15.0 Å². The van der Waals surface area contributed by atoms with Crippen LogP contribution in [0.2, 0.25) is 15.6 Å². The molecule has 2 heterocycles. The van der Waals surface area contributed by atoms with Crippen molar-refractivity contribution in [2.45, 2.75) is 6.92 Å². The van der Waals surface area contributed by atoms with Gasteiger partial charge in [0.1, 0.15) is 10.3 Å². The van der Waals surface area contributed by atoms with Gasteiger partial charge in [0.15, 0.2) is 0 Å². The van der Waals surface area contributed by atoms with Crippen LogP contribution in [-0.2, 0) is 0 Å². The van der Waals surface area contributed by atoms with Gasteiger partial charge < -0.3 is 0 Å². The fourth-order valence-corrected chi connectivity index (χ4v) is 1.70. The normalized spacial score (nSPS) is 10.9. The largest absolute Gasteiger partial charge is 0.243 e. The van der Waals surface area contributed by atoms with Gasteiger partial charge in [0.2, 0.25) is 5.28 Å². The summed E-state index contributed by atoms with van der Waals surface area (Å²) in [5, 5.41) is 1.43. The summed E-state index contributed by atoms with van der Waals surface area (Å²) in [6, 6.07) is 0. The van der Waals surface area contributed by atoms with E-state index in [0.29, 0.717) is 16.1 Å². The second-order valence-corrected chi connectivity index (χ2v) is 3.77. The van der Waals surface area contributed by atoms with Gasteiger partial charge >= 0.3 is 0 Å². The minimum absolute atomic E-state index is 0.105. The highest BCUT2D eigenvalue weighted by atomic mass is 35.5. The van der Waals surface area contributed by atoms with Crippen LogP contribution in [0.25, 0.3) is 10.9 Å². The van der Waals surface area contributed by atoms with E-state index in [1.165, 1.54) is 6.20 Å². The lowest BCUT2D eigenvalue weighted by Crippen LogP contribution is -1.92. The molecule has 0 fully saturated rings. The quantitative estimate of drug-likeness (QED) is 0.408. The molecule has 0 aliphatic carbocycles. The highest BCUT2D eigenvalue weighted by molar-refractivity contribution is 6.36. The van der Waals surface area contributed by atoms with Crippen molar-refractivity contribution in [3.63, 3.8) is 0 Å². The molecule has 2 aromatic heterocycles. The molecule has 0 unspecified atom stereocenters. The van der Waals surface area contributed by atoms with Crippen LogP contribution in [0, 0.1) is 6.92 Å². The predicted molar refractivity (Wildman–Crippen MR) is 57.1 cm³/mol. The van der Waals surface area contributed by atoms with Crippen LogP contribution in [0.4, 0.5) is 0 Å². The van der Waals surface area contributed by atoms with Gasteiger partial charge in [0.05, 0.1) is 10.9 Å². The molecule has 0 amide bonds. The topological polar surface area (TPSA) is 38.7 Å². The average molecular weight is 248 g/mol. The third-order valence-corrected chi connectivity index (χ3v) is 2.68. The molecule has 72 valence electrons. The van der Waals surface area contributed by atoms with Gasteiger partial charge in [-0.2, -0.15) is 0 Å². The molecule has 3 nitrogen and oxygen atoms in total. The van der Waals surface area contributed by atoms with Crippen molar-refractivity contribution in [1.82, 2.24) is 15.0 Å². The van der Waals surface area contributed by atoms with Gasteiger partial charge in [0, 0.05) is 11.8 Å². The van der Waals surface area contributed by atoms with Crippen LogP contribution in [0.3, 0.4) is 0 Å². The fraction of sp³-hybridized carbons (Fsp3) is 0.125. The van der Waals surface area contributed by atoms with Gasteiger partial charge in [-0.05, 0) is 18.5 Å². The molecule has 0 aliphatic heterocycles. The maximum Gasteiger partial charge on any atom is 0.224 e. The van der Waals surface area contributed by atoms with Crippen LogP contribution >= 0.6 is 34.8 Å². The smallest absolute Gasteiger partial charge is 0.224 e. The lowest BCUT2D eigenvalue weighted by Gasteiger charge is -2.03. The van der Waals surface area contributed by atoms with E-state index in [9.17, 15) is 0 Å². The minimum atomic E-state index is 0.105. The Bertz CT molecular complexity index is 513. The van der Waals surface area contributed by atoms with Crippen molar-refractivity contribution >= 4 is 45.7 Å². The second-order valence-electron chi connectivity index (χ2n) is 2.72. The zero-order chi connectivity index (χ0) is 10.3. The van der Waals surface area contributed by atoms with E-state index < -0.39 is 0 Å². The summed E-state index contributed by atoms with van der Waals surface area (Å²) in [7, 11) is 0. The summed E-state index contributed by atoms with van der Waals surface area (Å²) in [6.45, 7) is 1.80. The third-order valence-electron chi connectivity index (χ3n) is 1.84. The third kappa shape index (κ3) is 1.52. The van der Waals surface area contributed by atoms with Crippen LogP contribution in [-0.4, -0.2) is 15.0 Å². The molecule has 0 atom stereocenters. The molecule has 0 spiro atoms. The minimum Gasteiger partial charge on any atom is -0.243 e. The Kier molecular flexibility index (Phi) is 2.47. The Morgan fingerprint density at radius 3 is 2.50 bits per heavy atom. The Labute approximate surface area is 95.0 Å². The second kappa shape index (κ2) is 3.50. The standard InChI is InChI=1S/C8H4Cl3N3/c1-3-5-4(2-12-6(3)9)7(10)14-8(11)13-5/h2H,1H3. The summed E-state index contributed by atoms with van der Waals surface area (Å²) < 4.78 is 0. The Morgan fingerprint density at radius 2 is 1.79 bits per heavy atom. The van der Waals surface area contributed by atoms with Crippen LogP contribution in [0.5, 0.6) is 0 Å². The number of aryl methyl sites for hydroxylation is 1. The molecule has 0 aromatic carbocycles. The maximum absolute atomic E-state index is 5.87. The first-order valence-corrected chi connectivity index (χ1v) is 4.87. The molecule has 0 N–H and O–H groups in total. The van der Waals surface area contributed by atoms with E-state index in [-0.39, 0.29) is 10.4 Å². The first-order valence-electron chi connectivity index (χ1n) is 3.73. The van der Waals surface area contributed by atoms with Gasteiger partial charge in [-0.15, -0.1) is 0 Å². The zero-order valence-electron chi connectivity index (χ0n) is 7.05. The van der Waals surface area contributed by atoms with Crippen molar-refractivity contribution < 1.29 is 0 Å². The number of halogens is 3. The molecule has 2 rings (SSSR count). The molecule has 6 heteroatoms. The Balaban J connectivity index is 2.95. The predicted octanol–water partition coefficient (Wildman–Crippen LogP) is 3.29. The van der Waals surface area contributed by atoms with Gasteiger partial charge in [-0.1, -0.05) is 23.2 Å². The van der Waals surface area contributed by atoms with Crippen molar-refractivity contribution in [1.29, 1.82) is 0 Å². The number of hydrogen-bond donors (Lipinski definition) is 0. The number of aromatic nitrogens is 3. The summed E-state index contributed by atoms with van der Waals surface area (Å²) in [4.78, 5) is 11.8. The lowest BCUT2D eigenvalue weighted by atomic mass is 10.2. The monoisotopic (exact) mass is 247 g/mol. The van der Waals surface area contributed by atoms with E-state index in [1.807, 2.05) is 0 Å². The number of pyridine rings is 1. The Morgan fingerprint density at radius 1 is 1.07 bits per heavy atom. The molecular weight excluding hydrogens is 244 g/mol. The first kappa shape index (κ1) is 9.90. The van der Waals surface area contributed by atoms with E-state index in [1.54, 1.807) is 6.92 Å². The first-order chi connectivity index (χ1) is 6.59. The molecule has 0 bridgehead atoms. The summed E-state index contributed by atoms with van der Waals surface area (Å²) >= 11 is 17.4. The number of rotatable bonds is 0. The van der Waals surface area contributed by atoms with E-state index in [0.717, 1.165) is 5.56 Å². The van der Waals surface area contributed by atoms with Gasteiger partial charge in [0.25, 0.3) is 0 Å². The van der Waals surface area contributed by atoms with E-state index >= 15 is 0 Å². The van der Waals surface area contributed by atoms with Gasteiger partial charge in [-0.25, -0.2) is 15.0 Å². The van der Waals surface area contributed by atoms with Crippen molar-refractivity contribution in [2.24, 2.45) is 0 Å². The van der Waals surface area contributed by atoms with Crippen LogP contribution in [0.15, 0.2) is 6.20 Å². The number of nitrogens with zero attached hydrogens (tertiary/aromatic N) is 3. The van der Waals surface area contributed by atoms with Crippen LogP contribution in [0.1, 0.15) is 5.56 Å². The van der Waals surface area contributed by atoms with Crippen molar-refractivity contribution in [2.75, 3.05) is 0 Å². The summed E-state index contributed by atoms with van der Waals surface area (Å²) in [6.07, 6.45) is 1.53. The van der Waals surface area contributed by atoms with E-state index in [4.69, 9.17) is 34.8 Å². The average Bonchev–Trinajstić information content (AvgIpc) is 2.12.